The first kappa shape index (κ1) is 23.4. The Labute approximate surface area is 191 Å². The molecule has 7 nitrogen and oxygen atoms in total. The van der Waals surface area contributed by atoms with Crippen molar-refractivity contribution in [3.63, 3.8) is 0 Å². The van der Waals surface area contributed by atoms with E-state index in [9.17, 15) is 19.5 Å². The van der Waals surface area contributed by atoms with E-state index in [4.69, 9.17) is 4.74 Å². The molecule has 0 aromatic heterocycles. The first-order valence-electron chi connectivity index (χ1n) is 10.5. The molecule has 1 unspecified atom stereocenters. The number of thioether (sulfide) groups is 1. The minimum Gasteiger partial charge on any atom is -0.479 e. The summed E-state index contributed by atoms with van der Waals surface area (Å²) >= 11 is 0.873. The number of aliphatic carboxylic acids is 1. The van der Waals surface area contributed by atoms with Crippen LogP contribution in [0.4, 0.5) is 16.2 Å². The van der Waals surface area contributed by atoms with E-state index >= 15 is 0 Å². The number of carboxylic acid groups (broad SMARTS) is 1. The summed E-state index contributed by atoms with van der Waals surface area (Å²) in [5.41, 5.74) is 2.20. The number of benzene rings is 2. The monoisotopic (exact) mass is 454 g/mol. The number of rotatable bonds is 9. The second kappa shape index (κ2) is 10.4. The molecule has 0 spiro atoms. The van der Waals surface area contributed by atoms with Crippen LogP contribution in [0.1, 0.15) is 32.8 Å². The van der Waals surface area contributed by atoms with E-state index in [1.54, 1.807) is 49.4 Å². The molecule has 0 bridgehead atoms. The summed E-state index contributed by atoms with van der Waals surface area (Å²) in [6.07, 6.45) is 0.992. The summed E-state index contributed by atoms with van der Waals surface area (Å²) in [6, 6.07) is 14.2. The molecule has 0 radical (unpaired) electrons. The van der Waals surface area contributed by atoms with E-state index in [0.717, 1.165) is 30.5 Å². The summed E-state index contributed by atoms with van der Waals surface area (Å²) in [6.45, 7) is 7.61. The molecule has 2 aromatic carbocycles. The maximum atomic E-state index is 12.9. The zero-order valence-corrected chi connectivity index (χ0v) is 19.1. The van der Waals surface area contributed by atoms with Gasteiger partial charge in [-0.3, -0.25) is 9.59 Å². The van der Waals surface area contributed by atoms with Crippen molar-refractivity contribution in [2.45, 2.75) is 33.3 Å². The molecular weight excluding hydrogens is 428 g/mol. The highest BCUT2D eigenvalue weighted by atomic mass is 32.2. The molecule has 168 valence electrons. The zero-order chi connectivity index (χ0) is 23.3. The van der Waals surface area contributed by atoms with E-state index in [1.165, 1.54) is 4.90 Å². The van der Waals surface area contributed by atoms with Gasteiger partial charge in [0.25, 0.3) is 11.1 Å². The van der Waals surface area contributed by atoms with Crippen LogP contribution in [-0.4, -0.2) is 41.4 Å². The number of amides is 2. The third kappa shape index (κ3) is 5.13. The summed E-state index contributed by atoms with van der Waals surface area (Å²) < 4.78 is 5.52. The van der Waals surface area contributed by atoms with Gasteiger partial charge in [0.15, 0.2) is 6.10 Å². The number of ether oxygens (including phenoxy) is 1. The number of carboxylic acids is 1. The molecular formula is C24H26N2O5S. The first-order chi connectivity index (χ1) is 15.4. The number of carbonyl (C=O) groups excluding carboxylic acids is 2. The third-order valence-corrected chi connectivity index (χ3v) is 5.98. The lowest BCUT2D eigenvalue weighted by Crippen LogP contribution is -2.28. The van der Waals surface area contributed by atoms with Crippen molar-refractivity contribution >= 4 is 46.3 Å². The molecule has 1 atom stereocenters. The van der Waals surface area contributed by atoms with Crippen LogP contribution < -0.4 is 14.5 Å². The Morgan fingerprint density at radius 3 is 2.41 bits per heavy atom. The van der Waals surface area contributed by atoms with Crippen molar-refractivity contribution in [1.82, 2.24) is 0 Å². The average molecular weight is 455 g/mol. The van der Waals surface area contributed by atoms with E-state index in [0.29, 0.717) is 28.3 Å². The first-order valence-corrected chi connectivity index (χ1v) is 11.3. The van der Waals surface area contributed by atoms with Gasteiger partial charge in [-0.05, 0) is 80.1 Å². The lowest BCUT2D eigenvalue weighted by Gasteiger charge is -2.22. The van der Waals surface area contributed by atoms with Crippen LogP contribution in [0.15, 0.2) is 53.4 Å². The molecule has 0 saturated carbocycles. The largest absolute Gasteiger partial charge is 0.479 e. The van der Waals surface area contributed by atoms with Crippen molar-refractivity contribution in [1.29, 1.82) is 0 Å². The Morgan fingerprint density at radius 1 is 1.12 bits per heavy atom. The molecule has 1 fully saturated rings. The average Bonchev–Trinajstić information content (AvgIpc) is 3.06. The van der Waals surface area contributed by atoms with Crippen LogP contribution in [-0.2, 0) is 9.59 Å². The molecule has 1 aliphatic heterocycles. The highest BCUT2D eigenvalue weighted by Gasteiger charge is 2.36. The van der Waals surface area contributed by atoms with Crippen molar-refractivity contribution < 1.29 is 24.2 Å². The molecule has 1 saturated heterocycles. The van der Waals surface area contributed by atoms with E-state index < -0.39 is 12.1 Å². The van der Waals surface area contributed by atoms with E-state index in [1.807, 2.05) is 12.1 Å². The second-order valence-electron chi connectivity index (χ2n) is 7.13. The van der Waals surface area contributed by atoms with Gasteiger partial charge in [0.2, 0.25) is 0 Å². The molecule has 8 heteroatoms. The van der Waals surface area contributed by atoms with Gasteiger partial charge >= 0.3 is 5.97 Å². The topological polar surface area (TPSA) is 87.2 Å². The highest BCUT2D eigenvalue weighted by Crippen LogP contribution is 2.36. The fraction of sp³-hybridized carbons (Fsp3) is 0.292. The zero-order valence-electron chi connectivity index (χ0n) is 18.3. The van der Waals surface area contributed by atoms with Crippen LogP contribution in [0.2, 0.25) is 0 Å². The standard InChI is InChI=1S/C24H26N2O5S/c1-4-20(23(28)29)31-19-9-7-8-16(14-19)15-21-22(27)26(24(30)32-21)18-12-10-17(11-13-18)25(5-2)6-3/h7-15,20H,4-6H2,1-3H3,(H,28,29)/b21-15+. The Morgan fingerprint density at radius 2 is 1.81 bits per heavy atom. The minimum atomic E-state index is -1.04. The molecule has 3 rings (SSSR count). The van der Waals surface area contributed by atoms with Gasteiger partial charge in [0.1, 0.15) is 5.75 Å². The Bertz CT molecular complexity index is 1030. The van der Waals surface area contributed by atoms with Crippen molar-refractivity contribution in [2.24, 2.45) is 0 Å². The number of carbonyl (C=O) groups is 3. The predicted octanol–water partition coefficient (Wildman–Crippen LogP) is 5.02. The maximum Gasteiger partial charge on any atom is 0.344 e. The number of nitrogens with zero attached hydrogens (tertiary/aromatic N) is 2. The van der Waals surface area contributed by atoms with E-state index in [2.05, 4.69) is 18.7 Å². The smallest absolute Gasteiger partial charge is 0.344 e. The number of imide groups is 1. The van der Waals surface area contributed by atoms with Crippen LogP contribution in [0.5, 0.6) is 5.75 Å². The van der Waals surface area contributed by atoms with Crippen molar-refractivity contribution in [3.8, 4) is 5.75 Å². The highest BCUT2D eigenvalue weighted by molar-refractivity contribution is 8.19. The predicted molar refractivity (Wildman–Crippen MR) is 127 cm³/mol. The molecule has 2 amide bonds. The summed E-state index contributed by atoms with van der Waals surface area (Å²) in [7, 11) is 0. The van der Waals surface area contributed by atoms with Crippen LogP contribution >= 0.6 is 11.8 Å². The molecule has 1 aliphatic rings. The molecule has 1 heterocycles. The van der Waals surface area contributed by atoms with Crippen LogP contribution in [0.25, 0.3) is 6.08 Å². The lowest BCUT2D eigenvalue weighted by molar-refractivity contribution is -0.145. The maximum absolute atomic E-state index is 12.9. The Kier molecular flexibility index (Phi) is 7.58. The minimum absolute atomic E-state index is 0.297. The number of hydrogen-bond donors (Lipinski definition) is 1. The van der Waals surface area contributed by atoms with Gasteiger partial charge < -0.3 is 14.7 Å². The normalized spacial score (nSPS) is 15.8. The van der Waals surface area contributed by atoms with Gasteiger partial charge in [-0.25, -0.2) is 9.69 Å². The van der Waals surface area contributed by atoms with Crippen molar-refractivity contribution in [3.05, 3.63) is 59.0 Å². The Balaban J connectivity index is 1.80. The van der Waals surface area contributed by atoms with Gasteiger partial charge in [-0.1, -0.05) is 19.1 Å². The Hall–Kier alpha value is -3.26. The SMILES string of the molecule is CCC(Oc1cccc(/C=C2/SC(=O)N(c3ccc(N(CC)CC)cc3)C2=O)c1)C(=O)O. The van der Waals surface area contributed by atoms with Crippen molar-refractivity contribution in [2.75, 3.05) is 22.9 Å². The second-order valence-corrected chi connectivity index (χ2v) is 8.12. The van der Waals surface area contributed by atoms with Gasteiger partial charge in [-0.15, -0.1) is 0 Å². The summed E-state index contributed by atoms with van der Waals surface area (Å²) in [5, 5.41) is 8.82. The van der Waals surface area contributed by atoms with Gasteiger partial charge in [-0.2, -0.15) is 0 Å². The van der Waals surface area contributed by atoms with E-state index in [-0.39, 0.29) is 11.1 Å². The van der Waals surface area contributed by atoms with Gasteiger partial charge in [0, 0.05) is 18.8 Å². The van der Waals surface area contributed by atoms with Crippen LogP contribution in [0.3, 0.4) is 0 Å². The molecule has 0 aliphatic carbocycles. The molecule has 32 heavy (non-hydrogen) atoms. The summed E-state index contributed by atoms with van der Waals surface area (Å²) in [5.74, 6) is -1.04. The fourth-order valence-electron chi connectivity index (χ4n) is 3.39. The third-order valence-electron chi connectivity index (χ3n) is 5.11. The number of hydrogen-bond acceptors (Lipinski definition) is 6. The molecule has 2 aromatic rings. The quantitative estimate of drug-likeness (QED) is 0.533. The summed E-state index contributed by atoms with van der Waals surface area (Å²) in [4.78, 5) is 40.4. The van der Waals surface area contributed by atoms with Crippen LogP contribution in [0, 0.1) is 0 Å². The lowest BCUT2D eigenvalue weighted by atomic mass is 10.2. The molecule has 1 N–H and O–H groups in total. The number of anilines is 2. The fourth-order valence-corrected chi connectivity index (χ4v) is 4.23. The van der Waals surface area contributed by atoms with Gasteiger partial charge in [0.05, 0.1) is 10.6 Å².